The number of methoxy groups -OCH3 is 1. The molecule has 1 N–H and O–H groups in total. The van der Waals surface area contributed by atoms with E-state index in [0.29, 0.717) is 11.5 Å². The van der Waals surface area contributed by atoms with Crippen molar-refractivity contribution in [1.82, 2.24) is 10.2 Å². The lowest BCUT2D eigenvalue weighted by molar-refractivity contribution is 0.0963. The molecule has 3 atom stereocenters. The Hall–Kier alpha value is -2.33. The first-order chi connectivity index (χ1) is 16.1. The number of amides is 1. The second kappa shape index (κ2) is 9.89. The van der Waals surface area contributed by atoms with E-state index in [2.05, 4.69) is 28.4 Å². The second-order valence-electron chi connectivity index (χ2n) is 10.4. The number of rotatable bonds is 5. The van der Waals surface area contributed by atoms with Crippen LogP contribution in [0.15, 0.2) is 42.5 Å². The molecule has 2 aromatic carbocycles. The second-order valence-corrected chi connectivity index (χ2v) is 10.4. The van der Waals surface area contributed by atoms with Gasteiger partial charge in [0.1, 0.15) is 5.75 Å². The van der Waals surface area contributed by atoms with E-state index >= 15 is 0 Å². The fraction of sp³-hybridized carbons (Fsp3) is 0.552. The van der Waals surface area contributed by atoms with Crippen molar-refractivity contribution in [2.24, 2.45) is 11.8 Å². The van der Waals surface area contributed by atoms with E-state index in [4.69, 9.17) is 4.74 Å². The molecule has 5 rings (SSSR count). The maximum Gasteiger partial charge on any atom is 0.251 e. The summed E-state index contributed by atoms with van der Waals surface area (Å²) in [5.41, 5.74) is 4.35. The molecule has 1 amide bonds. The average Bonchev–Trinajstić information content (AvgIpc) is 3.21. The van der Waals surface area contributed by atoms with Crippen LogP contribution < -0.4 is 10.1 Å². The van der Waals surface area contributed by atoms with Gasteiger partial charge in [-0.25, -0.2) is 0 Å². The molecule has 176 valence electrons. The van der Waals surface area contributed by atoms with Crippen molar-refractivity contribution in [1.29, 1.82) is 0 Å². The third-order valence-corrected chi connectivity index (χ3v) is 8.59. The molecule has 4 nitrogen and oxygen atoms in total. The summed E-state index contributed by atoms with van der Waals surface area (Å²) in [6, 6.07) is 15.3. The summed E-state index contributed by atoms with van der Waals surface area (Å²) >= 11 is 0. The maximum atomic E-state index is 11.9. The predicted octanol–water partition coefficient (Wildman–Crippen LogP) is 5.87. The van der Waals surface area contributed by atoms with Crippen LogP contribution >= 0.6 is 0 Å². The van der Waals surface area contributed by atoms with Crippen molar-refractivity contribution in [2.45, 2.75) is 63.3 Å². The number of fused-ring (bicyclic) bond motifs is 2. The molecule has 3 unspecified atom stereocenters. The number of hydrogen-bond acceptors (Lipinski definition) is 3. The highest BCUT2D eigenvalue weighted by molar-refractivity contribution is 5.94. The van der Waals surface area contributed by atoms with Gasteiger partial charge in [0.15, 0.2) is 0 Å². The minimum Gasteiger partial charge on any atom is -0.496 e. The summed E-state index contributed by atoms with van der Waals surface area (Å²) in [6.07, 6.45) is 11.2. The van der Waals surface area contributed by atoms with Gasteiger partial charge in [-0.1, -0.05) is 31.0 Å². The molecular formula is C29H38N2O2. The monoisotopic (exact) mass is 446 g/mol. The zero-order valence-electron chi connectivity index (χ0n) is 20.2. The van der Waals surface area contributed by atoms with Crippen LogP contribution in [0.2, 0.25) is 0 Å². The SMILES string of the molecule is CNC(=O)c1ccc(-c2ccc(OC)c(C3CCN(C4CCC5CCC(C5)C4)CC3)c2)cc1. The molecule has 1 aliphatic heterocycles. The van der Waals surface area contributed by atoms with Crippen LogP contribution in [-0.4, -0.2) is 44.1 Å². The quantitative estimate of drug-likeness (QED) is 0.624. The Labute approximate surface area is 198 Å². The summed E-state index contributed by atoms with van der Waals surface area (Å²) in [5, 5.41) is 2.69. The first-order valence-electron chi connectivity index (χ1n) is 12.9. The summed E-state index contributed by atoms with van der Waals surface area (Å²) < 4.78 is 5.78. The Bertz CT molecular complexity index is 962. The number of nitrogens with one attached hydrogen (secondary N) is 1. The minimum atomic E-state index is -0.0507. The zero-order chi connectivity index (χ0) is 22.8. The molecule has 4 heteroatoms. The summed E-state index contributed by atoms with van der Waals surface area (Å²) in [4.78, 5) is 14.7. The highest BCUT2D eigenvalue weighted by atomic mass is 16.5. The number of benzene rings is 2. The van der Waals surface area contributed by atoms with E-state index < -0.39 is 0 Å². The molecule has 1 heterocycles. The fourth-order valence-electron chi connectivity index (χ4n) is 6.68. The van der Waals surface area contributed by atoms with Crippen LogP contribution in [0.25, 0.3) is 11.1 Å². The standard InChI is InChI=1S/C29H38N2O2/c1-30-29(32)24-8-6-22(7-9-24)25-10-12-28(33-2)27(19-25)23-13-15-31(16-14-23)26-11-5-20-3-4-21(17-20)18-26/h6-10,12,19-21,23,26H,3-5,11,13-18H2,1-2H3,(H,30,32). The van der Waals surface area contributed by atoms with Gasteiger partial charge in [-0.05, 0) is 110 Å². The number of piperidine rings is 1. The first-order valence-corrected chi connectivity index (χ1v) is 12.9. The predicted molar refractivity (Wildman–Crippen MR) is 134 cm³/mol. The van der Waals surface area contributed by atoms with Gasteiger partial charge in [0.05, 0.1) is 7.11 Å². The molecule has 0 spiro atoms. The highest BCUT2D eigenvalue weighted by Gasteiger charge is 2.35. The van der Waals surface area contributed by atoms with Crippen LogP contribution in [0.3, 0.4) is 0 Å². The van der Waals surface area contributed by atoms with Crippen molar-refractivity contribution < 1.29 is 9.53 Å². The molecule has 0 radical (unpaired) electrons. The van der Waals surface area contributed by atoms with Gasteiger partial charge in [-0.3, -0.25) is 4.79 Å². The molecule has 3 aliphatic rings. The van der Waals surface area contributed by atoms with E-state index in [9.17, 15) is 4.79 Å². The number of hydrogen-bond donors (Lipinski definition) is 1. The Morgan fingerprint density at radius 2 is 1.58 bits per heavy atom. The fourth-order valence-corrected chi connectivity index (χ4v) is 6.68. The molecule has 0 aromatic heterocycles. The first kappa shape index (κ1) is 22.5. The molecular weight excluding hydrogens is 408 g/mol. The Morgan fingerprint density at radius 3 is 2.30 bits per heavy atom. The topological polar surface area (TPSA) is 41.6 Å². The normalized spacial score (nSPS) is 26.1. The van der Waals surface area contributed by atoms with E-state index in [-0.39, 0.29) is 5.91 Å². The van der Waals surface area contributed by atoms with Gasteiger partial charge >= 0.3 is 0 Å². The molecule has 2 aromatic rings. The zero-order valence-corrected chi connectivity index (χ0v) is 20.2. The smallest absolute Gasteiger partial charge is 0.251 e. The van der Waals surface area contributed by atoms with E-state index in [1.165, 1.54) is 75.6 Å². The van der Waals surface area contributed by atoms with Crippen molar-refractivity contribution in [3.63, 3.8) is 0 Å². The molecule has 2 bridgehead atoms. The lowest BCUT2D eigenvalue weighted by Crippen LogP contribution is -2.41. The number of carbonyl (C=O) groups is 1. The van der Waals surface area contributed by atoms with Crippen molar-refractivity contribution in [3.05, 3.63) is 53.6 Å². The summed E-state index contributed by atoms with van der Waals surface area (Å²) in [5.74, 6) is 3.52. The van der Waals surface area contributed by atoms with Gasteiger partial charge < -0.3 is 15.0 Å². The third-order valence-electron chi connectivity index (χ3n) is 8.59. The van der Waals surface area contributed by atoms with Gasteiger partial charge in [0, 0.05) is 18.7 Å². The molecule has 2 saturated carbocycles. The molecule has 1 saturated heterocycles. The third kappa shape index (κ3) is 4.82. The van der Waals surface area contributed by atoms with E-state index in [0.717, 1.165) is 29.2 Å². The van der Waals surface area contributed by atoms with Crippen LogP contribution in [0.1, 0.15) is 73.2 Å². The Kier molecular flexibility index (Phi) is 6.73. The van der Waals surface area contributed by atoms with E-state index in [1.54, 1.807) is 14.2 Å². The summed E-state index contributed by atoms with van der Waals surface area (Å²) in [7, 11) is 3.45. The number of likely N-dealkylation sites (tertiary alicyclic amines) is 1. The van der Waals surface area contributed by atoms with Gasteiger partial charge in [-0.15, -0.1) is 0 Å². The summed E-state index contributed by atoms with van der Waals surface area (Å²) in [6.45, 7) is 2.42. The van der Waals surface area contributed by atoms with Crippen molar-refractivity contribution in [2.75, 3.05) is 27.2 Å². The van der Waals surface area contributed by atoms with Gasteiger partial charge in [0.25, 0.3) is 5.91 Å². The van der Waals surface area contributed by atoms with Crippen molar-refractivity contribution in [3.8, 4) is 16.9 Å². The van der Waals surface area contributed by atoms with Crippen molar-refractivity contribution >= 4 is 5.91 Å². The number of carbonyl (C=O) groups excluding carboxylic acids is 1. The molecule has 33 heavy (non-hydrogen) atoms. The number of ether oxygens (including phenoxy) is 1. The molecule has 3 fully saturated rings. The molecule has 2 aliphatic carbocycles. The minimum absolute atomic E-state index is 0.0507. The van der Waals surface area contributed by atoms with Crippen LogP contribution in [-0.2, 0) is 0 Å². The van der Waals surface area contributed by atoms with Crippen LogP contribution in [0.4, 0.5) is 0 Å². The Balaban J connectivity index is 1.28. The average molecular weight is 447 g/mol. The van der Waals surface area contributed by atoms with Gasteiger partial charge in [-0.2, -0.15) is 0 Å². The lowest BCUT2D eigenvalue weighted by atomic mass is 9.85. The van der Waals surface area contributed by atoms with Crippen LogP contribution in [0, 0.1) is 11.8 Å². The largest absolute Gasteiger partial charge is 0.496 e. The van der Waals surface area contributed by atoms with Crippen LogP contribution in [0.5, 0.6) is 5.75 Å². The van der Waals surface area contributed by atoms with E-state index in [1.807, 2.05) is 24.3 Å². The Morgan fingerprint density at radius 1 is 0.879 bits per heavy atom. The number of nitrogens with zero attached hydrogens (tertiary/aromatic N) is 1. The maximum absolute atomic E-state index is 11.9. The lowest BCUT2D eigenvalue weighted by Gasteiger charge is -2.39. The highest BCUT2D eigenvalue weighted by Crippen LogP contribution is 2.43. The van der Waals surface area contributed by atoms with Gasteiger partial charge in [0.2, 0.25) is 0 Å².